The Morgan fingerprint density at radius 1 is 0.459 bits per heavy atom. The van der Waals surface area contributed by atoms with Gasteiger partial charge in [0.2, 0.25) is 0 Å². The maximum absolute atomic E-state index is 12.9. The summed E-state index contributed by atoms with van der Waals surface area (Å²) in [6, 6.07) is 15.8. The Kier molecular flexibility index (Phi) is 28.7. The van der Waals surface area contributed by atoms with Crippen molar-refractivity contribution in [2.24, 2.45) is 23.7 Å². The third-order valence-corrected chi connectivity index (χ3v) is 14.6. The van der Waals surface area contributed by atoms with Crippen molar-refractivity contribution in [1.82, 2.24) is 0 Å². The van der Waals surface area contributed by atoms with Crippen molar-refractivity contribution < 1.29 is 95.3 Å². The zero-order valence-corrected chi connectivity index (χ0v) is 50.5. The number of ether oxygens (including phenoxy) is 10. The third-order valence-electron chi connectivity index (χ3n) is 14.6. The summed E-state index contributed by atoms with van der Waals surface area (Å²) in [5, 5.41) is 0. The molecule has 0 N–H and O–H groups in total. The fourth-order valence-corrected chi connectivity index (χ4v) is 8.97. The maximum Gasteiger partial charge on any atom is 0.333 e. The summed E-state index contributed by atoms with van der Waals surface area (Å²) < 4.78 is 52.1. The molecule has 3 aromatic rings. The third kappa shape index (κ3) is 24.5. The molecule has 5 rings (SSSR count). The number of methoxy groups -OCH3 is 1. The zero-order chi connectivity index (χ0) is 62.8. The molecule has 0 aromatic heterocycles. The van der Waals surface area contributed by atoms with Crippen LogP contribution in [0.2, 0.25) is 0 Å². The van der Waals surface area contributed by atoms with Gasteiger partial charge in [-0.2, -0.15) is 0 Å². The normalized spacial score (nSPS) is 16.9. The smallest absolute Gasteiger partial charge is 0.333 e. The summed E-state index contributed by atoms with van der Waals surface area (Å²) in [6.07, 6.45) is 3.65. The number of carbonyl (C=O) groups excluding carboxylic acids is 10. The van der Waals surface area contributed by atoms with Gasteiger partial charge in [0.1, 0.15) is 42.7 Å². The number of esters is 10. The Morgan fingerprint density at radius 3 is 1.26 bits per heavy atom. The lowest BCUT2D eigenvalue weighted by molar-refractivity contribution is -0.158. The van der Waals surface area contributed by atoms with Crippen molar-refractivity contribution in [3.63, 3.8) is 0 Å². The topological polar surface area (TPSA) is 263 Å². The van der Waals surface area contributed by atoms with Crippen molar-refractivity contribution in [2.45, 2.75) is 157 Å². The first-order valence-electron chi connectivity index (χ1n) is 28.7. The van der Waals surface area contributed by atoms with E-state index in [1.807, 2.05) is 26.8 Å². The van der Waals surface area contributed by atoms with Crippen LogP contribution in [0.25, 0.3) is 0 Å². The molecule has 0 radical (unpaired) electrons. The minimum Gasteiger partial charge on any atom is -0.469 e. The molecule has 0 heterocycles. The quantitative estimate of drug-likeness (QED) is 0.0297. The van der Waals surface area contributed by atoms with Crippen LogP contribution in [0.4, 0.5) is 0 Å². The Bertz CT molecular complexity index is 2830. The van der Waals surface area contributed by atoms with E-state index in [-0.39, 0.29) is 111 Å². The molecule has 0 spiro atoms. The zero-order valence-electron chi connectivity index (χ0n) is 50.5. The minimum atomic E-state index is -0.655. The number of carbonyl (C=O) groups is 10. The Hall–Kier alpha value is -8.16. The molecule has 2 unspecified atom stereocenters. The molecule has 3 aromatic carbocycles. The van der Waals surface area contributed by atoms with Gasteiger partial charge in [-0.05, 0) is 170 Å². The molecule has 0 amide bonds. The minimum absolute atomic E-state index is 0.104. The summed E-state index contributed by atoms with van der Waals surface area (Å²) in [5.74, 6) is -4.00. The summed E-state index contributed by atoms with van der Waals surface area (Å²) in [6.45, 7) is 21.2. The van der Waals surface area contributed by atoms with Gasteiger partial charge in [0.25, 0.3) is 0 Å². The van der Waals surface area contributed by atoms with Gasteiger partial charge in [-0.3, -0.25) is 38.4 Å². The van der Waals surface area contributed by atoms with Gasteiger partial charge in [-0.1, -0.05) is 37.4 Å². The second-order valence-electron chi connectivity index (χ2n) is 21.5. The van der Waals surface area contributed by atoms with Gasteiger partial charge in [-0.25, -0.2) is 9.59 Å². The van der Waals surface area contributed by atoms with Crippen LogP contribution in [0.5, 0.6) is 17.2 Å². The van der Waals surface area contributed by atoms with Gasteiger partial charge in [-0.15, -0.1) is 0 Å². The highest BCUT2D eigenvalue weighted by Crippen LogP contribution is 2.34. The lowest BCUT2D eigenvalue weighted by atomic mass is 9.82. The molecule has 85 heavy (non-hydrogen) atoms. The molecular weight excluding hydrogens is 1100 g/mol. The summed E-state index contributed by atoms with van der Waals surface area (Å²) >= 11 is 0. The standard InChI is InChI=1S/C37H46O10.C28H36O10/c1-22(2)35(40)44-21-24(4)45-34(39)17-16-33(38)43-19-18-28-8-14-31(15-9-28)46-36(41)29-10-12-30(13-11-29)37(42)47-32-20-23(3)25(5)26(6)27(32)7;1-18(2)26(31)37-19(3)17-36-25(30)14-13-24(29)35-16-15-20-5-11-23(12-6-20)38-28(33)22-9-7-21(8-10-22)27(32)34-4/h8-9,14-15,20,24,29-30H,1,10-13,16-19,21H2,2-7H3;5-6,11-12,19,21-22H,1,7-10,13-17H2,2-4H3. The molecule has 2 saturated carbocycles. The highest BCUT2D eigenvalue weighted by Gasteiger charge is 2.34. The summed E-state index contributed by atoms with van der Waals surface area (Å²) in [4.78, 5) is 120. The van der Waals surface area contributed by atoms with E-state index < -0.39 is 48.0 Å². The monoisotopic (exact) mass is 1180 g/mol. The number of aryl methyl sites for hydroxylation is 1. The second kappa shape index (κ2) is 35.2. The van der Waals surface area contributed by atoms with Crippen molar-refractivity contribution in [3.05, 3.63) is 112 Å². The fourth-order valence-electron chi connectivity index (χ4n) is 8.97. The molecule has 2 aliphatic carbocycles. The van der Waals surface area contributed by atoms with Crippen LogP contribution in [0, 0.1) is 51.4 Å². The average molecular weight is 1180 g/mol. The number of benzene rings is 3. The van der Waals surface area contributed by atoms with Gasteiger partial charge in [0.05, 0.1) is 69.7 Å². The predicted molar refractivity (Wildman–Crippen MR) is 309 cm³/mol. The molecule has 462 valence electrons. The number of hydrogen-bond donors (Lipinski definition) is 0. The largest absolute Gasteiger partial charge is 0.469 e. The van der Waals surface area contributed by atoms with Gasteiger partial charge in [0, 0.05) is 24.0 Å². The molecule has 2 atom stereocenters. The van der Waals surface area contributed by atoms with Crippen molar-refractivity contribution in [3.8, 4) is 17.2 Å². The Morgan fingerprint density at radius 2 is 0.835 bits per heavy atom. The maximum atomic E-state index is 12.9. The van der Waals surface area contributed by atoms with E-state index in [9.17, 15) is 47.9 Å². The highest BCUT2D eigenvalue weighted by molar-refractivity contribution is 5.87. The van der Waals surface area contributed by atoms with Crippen LogP contribution in [-0.2, 0) is 93.9 Å². The van der Waals surface area contributed by atoms with E-state index >= 15 is 0 Å². The van der Waals surface area contributed by atoms with E-state index in [1.165, 1.54) is 26.5 Å². The summed E-state index contributed by atoms with van der Waals surface area (Å²) in [7, 11) is 1.37. The number of hydrogen-bond acceptors (Lipinski definition) is 20. The van der Waals surface area contributed by atoms with E-state index in [0.29, 0.717) is 81.5 Å². The average Bonchev–Trinajstić information content (AvgIpc) is 3.26. The van der Waals surface area contributed by atoms with Crippen LogP contribution in [0.3, 0.4) is 0 Å². The van der Waals surface area contributed by atoms with Crippen LogP contribution >= 0.6 is 0 Å². The van der Waals surface area contributed by atoms with Crippen molar-refractivity contribution >= 4 is 59.7 Å². The fraction of sp³-hybridized carbons (Fsp3) is 0.508. The molecule has 0 saturated heterocycles. The molecule has 2 aliphatic rings. The lowest BCUT2D eigenvalue weighted by Gasteiger charge is -2.26. The van der Waals surface area contributed by atoms with E-state index in [2.05, 4.69) is 20.1 Å². The molecule has 2 fully saturated rings. The van der Waals surface area contributed by atoms with Gasteiger partial charge < -0.3 is 47.4 Å². The highest BCUT2D eigenvalue weighted by atomic mass is 16.6. The molecular formula is C65H82O20. The van der Waals surface area contributed by atoms with Crippen molar-refractivity contribution in [2.75, 3.05) is 33.5 Å². The lowest BCUT2D eigenvalue weighted by Crippen LogP contribution is -2.30. The molecule has 0 aliphatic heterocycles. The number of rotatable bonds is 27. The van der Waals surface area contributed by atoms with Crippen LogP contribution < -0.4 is 14.2 Å². The van der Waals surface area contributed by atoms with Crippen LogP contribution in [0.15, 0.2) is 78.9 Å². The molecule has 20 nitrogen and oxygen atoms in total. The van der Waals surface area contributed by atoms with E-state index in [1.54, 1.807) is 62.4 Å². The Balaban J connectivity index is 0.000000373. The van der Waals surface area contributed by atoms with Crippen molar-refractivity contribution in [1.29, 1.82) is 0 Å². The van der Waals surface area contributed by atoms with Crippen LogP contribution in [-0.4, -0.2) is 105 Å². The van der Waals surface area contributed by atoms with Crippen LogP contribution in [0.1, 0.15) is 138 Å². The Labute approximate surface area is 497 Å². The van der Waals surface area contributed by atoms with Gasteiger partial charge in [0.15, 0.2) is 0 Å². The first-order valence-corrected chi connectivity index (χ1v) is 28.7. The SMILES string of the molecule is C=C(C)C(=O)OC(C)COC(=O)CCC(=O)OCCc1ccc(OC(=O)C2CCC(C(=O)OC)CC2)cc1.C=C(C)C(=O)OCC(C)OC(=O)CCC(=O)OCCc1ccc(OC(=O)C2CCC(C(=O)Oc3cc(C)c(C)c(C)c3C)CC2)cc1. The van der Waals surface area contributed by atoms with Gasteiger partial charge >= 0.3 is 59.7 Å². The molecule has 20 heteroatoms. The molecule has 0 bridgehead atoms. The van der Waals surface area contributed by atoms with E-state index in [0.717, 1.165) is 27.8 Å². The first-order chi connectivity index (χ1) is 40.3. The second-order valence-corrected chi connectivity index (χ2v) is 21.5. The summed E-state index contributed by atoms with van der Waals surface area (Å²) in [5.41, 5.74) is 6.62. The van der Waals surface area contributed by atoms with E-state index in [4.69, 9.17) is 47.4 Å². The predicted octanol–water partition coefficient (Wildman–Crippen LogP) is 9.64. The first kappa shape index (κ1) is 69.3.